The quantitative estimate of drug-likeness (QED) is 0.931. The van der Waals surface area contributed by atoms with Crippen molar-refractivity contribution in [3.63, 3.8) is 0 Å². The fraction of sp³-hybridized carbons (Fsp3) is 0.286. The molecule has 0 saturated carbocycles. The monoisotopic (exact) mass is 275 g/mol. The van der Waals surface area contributed by atoms with E-state index in [2.05, 4.69) is 10.3 Å². The third-order valence-corrected chi connectivity index (χ3v) is 3.95. The summed E-state index contributed by atoms with van der Waals surface area (Å²) >= 11 is 1.58. The van der Waals surface area contributed by atoms with Gasteiger partial charge in [-0.1, -0.05) is 12.1 Å². The molecule has 0 saturated heterocycles. The van der Waals surface area contributed by atoms with Crippen LogP contribution < -0.4 is 5.32 Å². The summed E-state index contributed by atoms with van der Waals surface area (Å²) in [5.41, 5.74) is 1.57. The van der Waals surface area contributed by atoms with Crippen molar-refractivity contribution in [1.82, 2.24) is 10.3 Å². The summed E-state index contributed by atoms with van der Waals surface area (Å²) in [6.07, 6.45) is 0. The van der Waals surface area contributed by atoms with E-state index < -0.39 is 5.82 Å². The van der Waals surface area contributed by atoms with Gasteiger partial charge < -0.3 is 5.32 Å². The van der Waals surface area contributed by atoms with E-state index >= 15 is 0 Å². The first-order valence-corrected chi connectivity index (χ1v) is 6.82. The molecule has 3 nitrogen and oxygen atoms in total. The van der Waals surface area contributed by atoms with Crippen LogP contribution in [0.25, 0.3) is 0 Å². The van der Waals surface area contributed by atoms with Crippen LogP contribution in [0.1, 0.15) is 34.8 Å². The van der Waals surface area contributed by atoms with Gasteiger partial charge in [-0.2, -0.15) is 5.26 Å². The van der Waals surface area contributed by atoms with Crippen LogP contribution in [0.2, 0.25) is 0 Å². The van der Waals surface area contributed by atoms with Gasteiger partial charge in [0.25, 0.3) is 0 Å². The Hall–Kier alpha value is -1.77. The number of halogens is 1. The number of benzene rings is 1. The first-order valence-electron chi connectivity index (χ1n) is 5.94. The molecule has 0 radical (unpaired) electrons. The van der Waals surface area contributed by atoms with Gasteiger partial charge in [0.1, 0.15) is 16.9 Å². The van der Waals surface area contributed by atoms with Crippen LogP contribution in [-0.4, -0.2) is 4.98 Å². The van der Waals surface area contributed by atoms with E-state index in [-0.39, 0.29) is 11.6 Å². The molecule has 1 heterocycles. The topological polar surface area (TPSA) is 48.7 Å². The molecule has 19 heavy (non-hydrogen) atoms. The number of hydrogen-bond donors (Lipinski definition) is 1. The highest BCUT2D eigenvalue weighted by molar-refractivity contribution is 7.09. The number of nitriles is 1. The molecule has 0 spiro atoms. The normalized spacial score (nSPS) is 12.1. The minimum absolute atomic E-state index is 0.0591. The molecule has 5 heteroatoms. The summed E-state index contributed by atoms with van der Waals surface area (Å²) < 4.78 is 13.9. The second-order valence-electron chi connectivity index (χ2n) is 4.32. The maximum Gasteiger partial charge on any atom is 0.145 e. The predicted octanol–water partition coefficient (Wildman–Crippen LogP) is 3.31. The minimum Gasteiger partial charge on any atom is -0.304 e. The van der Waals surface area contributed by atoms with Crippen molar-refractivity contribution in [1.29, 1.82) is 5.26 Å². The third-order valence-electron chi connectivity index (χ3n) is 2.81. The molecule has 0 aliphatic heterocycles. The fourth-order valence-electron chi connectivity index (χ4n) is 1.72. The smallest absolute Gasteiger partial charge is 0.145 e. The van der Waals surface area contributed by atoms with Gasteiger partial charge in [-0.3, -0.25) is 0 Å². The molecule has 1 atom stereocenters. The van der Waals surface area contributed by atoms with Crippen molar-refractivity contribution in [3.05, 3.63) is 51.2 Å². The minimum atomic E-state index is -0.444. The molecule has 1 unspecified atom stereocenters. The number of hydrogen-bond acceptors (Lipinski definition) is 4. The zero-order valence-corrected chi connectivity index (χ0v) is 11.6. The molecular formula is C14H14FN3S. The Morgan fingerprint density at radius 2 is 2.32 bits per heavy atom. The van der Waals surface area contributed by atoms with Crippen molar-refractivity contribution in [2.75, 3.05) is 0 Å². The van der Waals surface area contributed by atoms with E-state index in [4.69, 9.17) is 5.26 Å². The van der Waals surface area contributed by atoms with Gasteiger partial charge in [0.05, 0.1) is 11.6 Å². The highest BCUT2D eigenvalue weighted by atomic mass is 32.1. The third kappa shape index (κ3) is 3.16. The highest BCUT2D eigenvalue weighted by Crippen LogP contribution is 2.19. The second-order valence-corrected chi connectivity index (χ2v) is 5.21. The van der Waals surface area contributed by atoms with Crippen molar-refractivity contribution in [2.24, 2.45) is 0 Å². The van der Waals surface area contributed by atoms with E-state index in [1.54, 1.807) is 23.5 Å². The number of nitrogens with one attached hydrogen (secondary N) is 1. The molecule has 0 amide bonds. The molecule has 0 bridgehead atoms. The van der Waals surface area contributed by atoms with Crippen LogP contribution in [0, 0.1) is 24.1 Å². The zero-order chi connectivity index (χ0) is 13.8. The number of rotatable bonds is 4. The SMILES string of the molecule is Cc1csc(C(C)NCc2cccc(C#N)c2F)n1. The van der Waals surface area contributed by atoms with Crippen molar-refractivity contribution in [2.45, 2.75) is 26.4 Å². The summed E-state index contributed by atoms with van der Waals surface area (Å²) in [4.78, 5) is 4.39. The Kier molecular flexibility index (Phi) is 4.25. The maximum absolute atomic E-state index is 13.9. The average molecular weight is 275 g/mol. The standard InChI is InChI=1S/C14H14FN3S/c1-9-8-19-14(18-9)10(2)17-7-12-5-3-4-11(6-16)13(12)15/h3-5,8,10,17H,7H2,1-2H3. The molecule has 0 aliphatic carbocycles. The first kappa shape index (κ1) is 13.7. The van der Waals surface area contributed by atoms with Gasteiger partial charge in [0.15, 0.2) is 0 Å². The molecule has 1 aromatic heterocycles. The maximum atomic E-state index is 13.9. The summed E-state index contributed by atoms with van der Waals surface area (Å²) in [5.74, 6) is -0.444. The van der Waals surface area contributed by atoms with Crippen LogP contribution in [0.15, 0.2) is 23.6 Å². The number of thiazole rings is 1. The van der Waals surface area contributed by atoms with E-state index in [1.165, 1.54) is 6.07 Å². The summed E-state index contributed by atoms with van der Waals surface area (Å²) in [5, 5.41) is 15.0. The van der Waals surface area contributed by atoms with Crippen molar-refractivity contribution < 1.29 is 4.39 Å². The fourth-order valence-corrected chi connectivity index (χ4v) is 2.55. The van der Waals surface area contributed by atoms with E-state index in [0.717, 1.165) is 10.7 Å². The molecule has 98 valence electrons. The first-order chi connectivity index (χ1) is 9.11. The lowest BCUT2D eigenvalue weighted by molar-refractivity contribution is 0.541. The molecule has 1 aromatic carbocycles. The summed E-state index contributed by atoms with van der Waals surface area (Å²) in [6.45, 7) is 4.31. The lowest BCUT2D eigenvalue weighted by atomic mass is 10.1. The van der Waals surface area contributed by atoms with Crippen LogP contribution in [-0.2, 0) is 6.54 Å². The Morgan fingerprint density at radius 1 is 1.53 bits per heavy atom. The lowest BCUT2D eigenvalue weighted by Gasteiger charge is -2.12. The van der Waals surface area contributed by atoms with E-state index in [9.17, 15) is 4.39 Å². The summed E-state index contributed by atoms with van der Waals surface area (Å²) in [6, 6.07) is 6.76. The molecule has 2 aromatic rings. The van der Waals surface area contributed by atoms with Gasteiger partial charge >= 0.3 is 0 Å². The van der Waals surface area contributed by atoms with Crippen LogP contribution in [0.3, 0.4) is 0 Å². The number of aromatic nitrogens is 1. The van der Waals surface area contributed by atoms with Gasteiger partial charge in [0.2, 0.25) is 0 Å². The van der Waals surface area contributed by atoms with Gasteiger partial charge in [-0.25, -0.2) is 9.37 Å². The highest BCUT2D eigenvalue weighted by Gasteiger charge is 2.11. The Labute approximate surface area is 115 Å². The average Bonchev–Trinajstić information content (AvgIpc) is 2.84. The molecule has 2 rings (SSSR count). The van der Waals surface area contributed by atoms with E-state index in [1.807, 2.05) is 25.3 Å². The number of aryl methyl sites for hydroxylation is 1. The largest absolute Gasteiger partial charge is 0.304 e. The van der Waals surface area contributed by atoms with Crippen LogP contribution >= 0.6 is 11.3 Å². The zero-order valence-electron chi connectivity index (χ0n) is 10.8. The Morgan fingerprint density at radius 3 is 2.95 bits per heavy atom. The van der Waals surface area contributed by atoms with Gasteiger partial charge in [-0.15, -0.1) is 11.3 Å². The molecule has 1 N–H and O–H groups in total. The Bertz CT molecular complexity index is 615. The van der Waals surface area contributed by atoms with Crippen molar-refractivity contribution >= 4 is 11.3 Å². The molecule has 0 aliphatic rings. The van der Waals surface area contributed by atoms with Crippen LogP contribution in [0.4, 0.5) is 4.39 Å². The number of nitrogens with zero attached hydrogens (tertiary/aromatic N) is 2. The van der Waals surface area contributed by atoms with Gasteiger partial charge in [-0.05, 0) is 19.9 Å². The van der Waals surface area contributed by atoms with E-state index in [0.29, 0.717) is 12.1 Å². The Balaban J connectivity index is 2.05. The predicted molar refractivity (Wildman–Crippen MR) is 73.2 cm³/mol. The molecule has 0 fully saturated rings. The molecular weight excluding hydrogens is 261 g/mol. The van der Waals surface area contributed by atoms with Crippen LogP contribution in [0.5, 0.6) is 0 Å². The lowest BCUT2D eigenvalue weighted by Crippen LogP contribution is -2.19. The summed E-state index contributed by atoms with van der Waals surface area (Å²) in [7, 11) is 0. The second kappa shape index (κ2) is 5.91. The van der Waals surface area contributed by atoms with Gasteiger partial charge in [0, 0.05) is 23.2 Å². The van der Waals surface area contributed by atoms with Crippen molar-refractivity contribution in [3.8, 4) is 6.07 Å².